The van der Waals surface area contributed by atoms with E-state index in [-0.39, 0.29) is 5.91 Å². The molecule has 0 saturated heterocycles. The number of nitrogens with zero attached hydrogens (tertiary/aromatic N) is 1. The number of hydrogen-bond acceptors (Lipinski definition) is 4. The van der Waals surface area contributed by atoms with E-state index in [0.717, 1.165) is 5.56 Å². The van der Waals surface area contributed by atoms with E-state index in [4.69, 9.17) is 32.8 Å². The molecule has 0 radical (unpaired) electrons. The Bertz CT molecular complexity index is 750. The Labute approximate surface area is 150 Å². The zero-order valence-electron chi connectivity index (χ0n) is 13.1. The topological polar surface area (TPSA) is 59.9 Å². The Morgan fingerprint density at radius 2 is 2.00 bits per heavy atom. The van der Waals surface area contributed by atoms with Gasteiger partial charge in [-0.2, -0.15) is 0 Å². The van der Waals surface area contributed by atoms with E-state index in [2.05, 4.69) is 10.5 Å². The smallest absolute Gasteiger partial charge is 0.268 e. The molecule has 7 heteroatoms. The minimum Gasteiger partial charge on any atom is -0.496 e. The molecular formula is C17H16Cl2N2O3. The molecule has 0 fully saturated rings. The molecule has 0 heterocycles. The lowest BCUT2D eigenvalue weighted by molar-refractivity contribution is -0.126. The largest absolute Gasteiger partial charge is 0.496 e. The molecule has 0 bridgehead atoms. The van der Waals surface area contributed by atoms with Gasteiger partial charge in [-0.3, -0.25) is 4.79 Å². The molecule has 0 aliphatic carbocycles. The standard InChI is InChI=1S/C17H16Cl2N2O3/c1-11(17(22)21-15-8-7-13(18)9-14(15)19)24-20-10-12-5-3-4-6-16(12)23-2/h3-11H,1-2H3,(H,21,22)/b20-10-/t11-/m1/s1. The molecule has 0 aromatic heterocycles. The van der Waals surface area contributed by atoms with E-state index in [1.165, 1.54) is 6.21 Å². The van der Waals surface area contributed by atoms with Gasteiger partial charge in [-0.05, 0) is 37.3 Å². The zero-order chi connectivity index (χ0) is 17.5. The molecule has 126 valence electrons. The van der Waals surface area contributed by atoms with Crippen molar-refractivity contribution in [1.29, 1.82) is 0 Å². The van der Waals surface area contributed by atoms with Crippen molar-refractivity contribution in [3.8, 4) is 5.75 Å². The maximum Gasteiger partial charge on any atom is 0.268 e. The first-order valence-electron chi connectivity index (χ1n) is 7.09. The van der Waals surface area contributed by atoms with Crippen LogP contribution >= 0.6 is 23.2 Å². The minimum absolute atomic E-state index is 0.348. The first-order chi connectivity index (χ1) is 11.5. The Hall–Kier alpha value is -2.24. The number of rotatable bonds is 6. The highest BCUT2D eigenvalue weighted by Crippen LogP contribution is 2.25. The molecule has 0 unspecified atom stereocenters. The highest BCUT2D eigenvalue weighted by molar-refractivity contribution is 6.36. The number of carbonyl (C=O) groups excluding carboxylic acids is 1. The summed E-state index contributed by atoms with van der Waals surface area (Å²) < 4.78 is 5.20. The van der Waals surface area contributed by atoms with E-state index in [1.807, 2.05) is 18.2 Å². The second kappa shape index (κ2) is 8.57. The number of ether oxygens (including phenoxy) is 1. The van der Waals surface area contributed by atoms with Crippen LogP contribution in [-0.4, -0.2) is 25.3 Å². The van der Waals surface area contributed by atoms with Crippen LogP contribution in [0.4, 0.5) is 5.69 Å². The SMILES string of the molecule is COc1ccccc1/C=N\O[C@H](C)C(=O)Nc1ccc(Cl)cc1Cl. The number of halogens is 2. The van der Waals surface area contributed by atoms with Gasteiger partial charge in [0.1, 0.15) is 5.75 Å². The van der Waals surface area contributed by atoms with Crippen LogP contribution in [0.5, 0.6) is 5.75 Å². The van der Waals surface area contributed by atoms with Crippen molar-refractivity contribution in [2.45, 2.75) is 13.0 Å². The summed E-state index contributed by atoms with van der Waals surface area (Å²) in [4.78, 5) is 17.3. The second-order valence-electron chi connectivity index (χ2n) is 4.84. The van der Waals surface area contributed by atoms with Crippen molar-refractivity contribution >= 4 is 41.0 Å². The van der Waals surface area contributed by atoms with Gasteiger partial charge in [-0.1, -0.05) is 40.5 Å². The number of hydrogen-bond donors (Lipinski definition) is 1. The number of methoxy groups -OCH3 is 1. The molecule has 0 aliphatic rings. The van der Waals surface area contributed by atoms with Crippen molar-refractivity contribution in [2.75, 3.05) is 12.4 Å². The number of benzene rings is 2. The van der Waals surface area contributed by atoms with Crippen molar-refractivity contribution in [3.05, 3.63) is 58.1 Å². The van der Waals surface area contributed by atoms with Gasteiger partial charge in [-0.15, -0.1) is 0 Å². The van der Waals surface area contributed by atoms with E-state index in [1.54, 1.807) is 38.3 Å². The molecule has 0 spiro atoms. The number of nitrogens with one attached hydrogen (secondary N) is 1. The highest BCUT2D eigenvalue weighted by Gasteiger charge is 2.15. The van der Waals surface area contributed by atoms with Gasteiger partial charge in [0.25, 0.3) is 5.91 Å². The quantitative estimate of drug-likeness (QED) is 0.609. The second-order valence-corrected chi connectivity index (χ2v) is 5.68. The molecule has 24 heavy (non-hydrogen) atoms. The van der Waals surface area contributed by atoms with Crippen LogP contribution in [0.2, 0.25) is 10.0 Å². The van der Waals surface area contributed by atoms with Crippen molar-refractivity contribution in [2.24, 2.45) is 5.16 Å². The predicted octanol–water partition coefficient (Wildman–Crippen LogP) is 4.38. The third-order valence-corrected chi connectivity index (χ3v) is 3.66. The molecule has 1 atom stereocenters. The lowest BCUT2D eigenvalue weighted by Crippen LogP contribution is -2.26. The Morgan fingerprint density at radius 3 is 2.71 bits per heavy atom. The number of oxime groups is 1. The normalized spacial score (nSPS) is 12.0. The van der Waals surface area contributed by atoms with Gasteiger partial charge in [0.15, 0.2) is 0 Å². The van der Waals surface area contributed by atoms with Crippen LogP contribution in [0.25, 0.3) is 0 Å². The van der Waals surface area contributed by atoms with Gasteiger partial charge in [0, 0.05) is 10.6 Å². The number of anilines is 1. The molecule has 1 amide bonds. The first-order valence-corrected chi connectivity index (χ1v) is 7.85. The van der Waals surface area contributed by atoms with E-state index in [0.29, 0.717) is 21.5 Å². The zero-order valence-corrected chi connectivity index (χ0v) is 14.6. The van der Waals surface area contributed by atoms with Gasteiger partial charge in [0.2, 0.25) is 6.10 Å². The van der Waals surface area contributed by atoms with Crippen LogP contribution < -0.4 is 10.1 Å². The summed E-state index contributed by atoms with van der Waals surface area (Å²) in [5.41, 5.74) is 1.20. The minimum atomic E-state index is -0.803. The summed E-state index contributed by atoms with van der Waals surface area (Å²) >= 11 is 11.8. The van der Waals surface area contributed by atoms with Crippen LogP contribution in [0, 0.1) is 0 Å². The van der Waals surface area contributed by atoms with E-state index in [9.17, 15) is 4.79 Å². The average molecular weight is 367 g/mol. The van der Waals surface area contributed by atoms with Crippen molar-refractivity contribution in [3.63, 3.8) is 0 Å². The molecular weight excluding hydrogens is 351 g/mol. The monoisotopic (exact) mass is 366 g/mol. The third kappa shape index (κ3) is 4.88. The van der Waals surface area contributed by atoms with E-state index < -0.39 is 6.10 Å². The maximum absolute atomic E-state index is 12.1. The first kappa shape index (κ1) is 18.1. The molecule has 5 nitrogen and oxygen atoms in total. The Morgan fingerprint density at radius 1 is 1.25 bits per heavy atom. The molecule has 2 aromatic carbocycles. The third-order valence-electron chi connectivity index (χ3n) is 3.11. The van der Waals surface area contributed by atoms with Crippen molar-refractivity contribution in [1.82, 2.24) is 0 Å². The fraction of sp³-hybridized carbons (Fsp3) is 0.176. The van der Waals surface area contributed by atoms with Gasteiger partial charge < -0.3 is 14.9 Å². The van der Waals surface area contributed by atoms with Crippen LogP contribution in [-0.2, 0) is 9.63 Å². The fourth-order valence-corrected chi connectivity index (χ4v) is 2.28. The van der Waals surface area contributed by atoms with E-state index >= 15 is 0 Å². The molecule has 0 aliphatic heterocycles. The molecule has 2 rings (SSSR count). The number of para-hydroxylation sites is 1. The number of carbonyl (C=O) groups is 1. The Kier molecular flexibility index (Phi) is 6.46. The van der Waals surface area contributed by atoms with Crippen molar-refractivity contribution < 1.29 is 14.4 Å². The average Bonchev–Trinajstić information content (AvgIpc) is 2.57. The van der Waals surface area contributed by atoms with Crippen LogP contribution in [0.15, 0.2) is 47.6 Å². The van der Waals surface area contributed by atoms with Crippen LogP contribution in [0.1, 0.15) is 12.5 Å². The molecule has 1 N–H and O–H groups in total. The van der Waals surface area contributed by atoms with Gasteiger partial charge >= 0.3 is 0 Å². The summed E-state index contributed by atoms with van der Waals surface area (Å²) in [7, 11) is 1.57. The Balaban J connectivity index is 1.95. The predicted molar refractivity (Wildman–Crippen MR) is 96.2 cm³/mol. The van der Waals surface area contributed by atoms with Gasteiger partial charge in [-0.25, -0.2) is 0 Å². The van der Waals surface area contributed by atoms with Gasteiger partial charge in [0.05, 0.1) is 24.0 Å². The summed E-state index contributed by atoms with van der Waals surface area (Å²) in [5, 5.41) is 7.32. The highest BCUT2D eigenvalue weighted by atomic mass is 35.5. The lowest BCUT2D eigenvalue weighted by Gasteiger charge is -2.11. The summed E-state index contributed by atoms with van der Waals surface area (Å²) in [5.74, 6) is 0.284. The lowest BCUT2D eigenvalue weighted by atomic mass is 10.2. The molecule has 0 saturated carbocycles. The summed E-state index contributed by atoms with van der Waals surface area (Å²) in [6.45, 7) is 1.58. The molecule has 2 aromatic rings. The van der Waals surface area contributed by atoms with Crippen LogP contribution in [0.3, 0.4) is 0 Å². The summed E-state index contributed by atoms with van der Waals surface area (Å²) in [6, 6.07) is 12.1. The summed E-state index contributed by atoms with van der Waals surface area (Å²) in [6.07, 6.45) is 0.681. The number of amides is 1. The maximum atomic E-state index is 12.1. The fourth-order valence-electron chi connectivity index (χ4n) is 1.82.